The Labute approximate surface area is 104 Å². The van der Waals surface area contributed by atoms with Gasteiger partial charge in [0.15, 0.2) is 0 Å². The minimum atomic E-state index is -0.780. The fraction of sp³-hybridized carbons (Fsp3) is 0.308. The van der Waals surface area contributed by atoms with Crippen LogP contribution in [0.2, 0.25) is 0 Å². The Morgan fingerprint density at radius 2 is 2.33 bits per heavy atom. The minimum absolute atomic E-state index is 0.121. The average molecular weight is 240 g/mol. The van der Waals surface area contributed by atoms with Gasteiger partial charge in [-0.05, 0) is 31.0 Å². The number of aromatic nitrogens is 2. The van der Waals surface area contributed by atoms with Gasteiger partial charge < -0.3 is 9.88 Å². The van der Waals surface area contributed by atoms with E-state index in [-0.39, 0.29) is 5.91 Å². The van der Waals surface area contributed by atoms with Gasteiger partial charge in [-0.2, -0.15) is 5.26 Å². The molecule has 90 valence electrons. The number of nitriles is 1. The third-order valence-electron chi connectivity index (χ3n) is 3.47. The van der Waals surface area contributed by atoms with Crippen LogP contribution in [0.5, 0.6) is 0 Å². The van der Waals surface area contributed by atoms with Crippen LogP contribution >= 0.6 is 0 Å². The largest absolute Gasteiger partial charge is 0.345 e. The molecule has 0 spiro atoms. The van der Waals surface area contributed by atoms with E-state index in [9.17, 15) is 4.79 Å². The second-order valence-electron chi connectivity index (χ2n) is 4.66. The smallest absolute Gasteiger partial charge is 0.247 e. The minimum Gasteiger partial charge on any atom is -0.345 e. The topological polar surface area (TPSA) is 72.8 Å². The number of amides is 1. The van der Waals surface area contributed by atoms with Gasteiger partial charge in [0.05, 0.1) is 23.4 Å². The molecule has 1 aliphatic carbocycles. The fourth-order valence-corrected chi connectivity index (χ4v) is 2.07. The maximum atomic E-state index is 12.2. The lowest BCUT2D eigenvalue weighted by molar-refractivity contribution is -0.121. The van der Waals surface area contributed by atoms with E-state index in [2.05, 4.69) is 16.0 Å². The van der Waals surface area contributed by atoms with E-state index in [0.717, 1.165) is 16.7 Å². The number of benzene rings is 1. The average Bonchev–Trinajstić information content (AvgIpc) is 3.07. The summed E-state index contributed by atoms with van der Waals surface area (Å²) >= 11 is 0. The summed E-state index contributed by atoms with van der Waals surface area (Å²) in [5, 5.41) is 9.05. The van der Waals surface area contributed by atoms with Gasteiger partial charge in [0.2, 0.25) is 5.91 Å². The third-order valence-corrected chi connectivity index (χ3v) is 3.47. The van der Waals surface area contributed by atoms with Crippen LogP contribution in [-0.2, 0) is 4.79 Å². The van der Waals surface area contributed by atoms with Crippen LogP contribution in [0.4, 0.5) is 5.69 Å². The summed E-state index contributed by atoms with van der Waals surface area (Å²) in [4.78, 5) is 20.9. The van der Waals surface area contributed by atoms with E-state index in [0.29, 0.717) is 12.8 Å². The summed E-state index contributed by atoms with van der Waals surface area (Å²) in [6, 6.07) is 7.69. The number of rotatable bonds is 2. The van der Waals surface area contributed by atoms with Gasteiger partial charge in [-0.1, -0.05) is 0 Å². The number of imidazole rings is 1. The molecule has 5 nitrogen and oxygen atoms in total. The van der Waals surface area contributed by atoms with Crippen molar-refractivity contribution in [1.29, 1.82) is 5.26 Å². The highest BCUT2D eigenvalue weighted by molar-refractivity contribution is 6.01. The van der Waals surface area contributed by atoms with Gasteiger partial charge in [0, 0.05) is 12.7 Å². The van der Waals surface area contributed by atoms with E-state index >= 15 is 0 Å². The van der Waals surface area contributed by atoms with Crippen LogP contribution in [0, 0.1) is 16.7 Å². The van der Waals surface area contributed by atoms with Gasteiger partial charge in [0.25, 0.3) is 0 Å². The summed E-state index contributed by atoms with van der Waals surface area (Å²) in [6.45, 7) is 0. The molecule has 0 aliphatic heterocycles. The van der Waals surface area contributed by atoms with Gasteiger partial charge in [0.1, 0.15) is 5.41 Å². The zero-order chi connectivity index (χ0) is 12.8. The van der Waals surface area contributed by atoms with Crippen molar-refractivity contribution in [2.45, 2.75) is 12.8 Å². The molecular weight excluding hydrogens is 228 g/mol. The summed E-state index contributed by atoms with van der Waals surface area (Å²) in [7, 11) is 1.71. The first kappa shape index (κ1) is 10.8. The zero-order valence-electron chi connectivity index (χ0n) is 9.97. The molecule has 0 unspecified atom stereocenters. The number of nitrogens with zero attached hydrogens (tertiary/aromatic N) is 3. The second kappa shape index (κ2) is 3.57. The van der Waals surface area contributed by atoms with E-state index in [4.69, 9.17) is 5.26 Å². The second-order valence-corrected chi connectivity index (χ2v) is 4.66. The van der Waals surface area contributed by atoms with Gasteiger partial charge >= 0.3 is 0 Å². The van der Waals surface area contributed by atoms with Crippen molar-refractivity contribution in [3.05, 3.63) is 24.5 Å². The van der Waals surface area contributed by atoms with Crippen LogP contribution in [0.3, 0.4) is 0 Å². The Hall–Kier alpha value is -2.35. The maximum Gasteiger partial charge on any atom is 0.247 e. The van der Waals surface area contributed by atoms with Crippen molar-refractivity contribution in [1.82, 2.24) is 9.97 Å². The number of hydrogen-bond donors (Lipinski definition) is 1. The monoisotopic (exact) mass is 240 g/mol. The number of nitrogens with one attached hydrogen (secondary N) is 1. The number of anilines is 1. The number of carbonyl (C=O) groups excluding carboxylic acids is 1. The van der Waals surface area contributed by atoms with Gasteiger partial charge in [-0.3, -0.25) is 4.79 Å². The van der Waals surface area contributed by atoms with E-state index in [1.807, 2.05) is 18.2 Å². The zero-order valence-corrected chi connectivity index (χ0v) is 9.97. The molecule has 1 saturated carbocycles. The lowest BCUT2D eigenvalue weighted by Gasteiger charge is -2.19. The van der Waals surface area contributed by atoms with Crippen LogP contribution in [0.15, 0.2) is 24.5 Å². The lowest BCUT2D eigenvalue weighted by atomic mass is 10.1. The van der Waals surface area contributed by atoms with Crippen molar-refractivity contribution < 1.29 is 4.79 Å². The molecule has 0 bridgehead atoms. The molecule has 1 amide bonds. The Balaban J connectivity index is 1.94. The number of carbonyl (C=O) groups is 1. The fourth-order valence-electron chi connectivity index (χ4n) is 2.07. The summed E-state index contributed by atoms with van der Waals surface area (Å²) in [5.74, 6) is -0.121. The third kappa shape index (κ3) is 1.46. The van der Waals surface area contributed by atoms with E-state index < -0.39 is 5.41 Å². The molecule has 1 heterocycles. The summed E-state index contributed by atoms with van der Waals surface area (Å²) in [5.41, 5.74) is 1.74. The number of hydrogen-bond acceptors (Lipinski definition) is 3. The van der Waals surface area contributed by atoms with Crippen molar-refractivity contribution >= 4 is 22.6 Å². The molecule has 0 radical (unpaired) electrons. The molecule has 0 atom stereocenters. The molecule has 1 fully saturated rings. The molecular formula is C13H12N4O. The van der Waals surface area contributed by atoms with Crippen molar-refractivity contribution in [3.8, 4) is 6.07 Å². The quantitative estimate of drug-likeness (QED) is 0.870. The highest BCUT2D eigenvalue weighted by Gasteiger charge is 2.52. The van der Waals surface area contributed by atoms with Gasteiger partial charge in [-0.15, -0.1) is 0 Å². The molecule has 1 N–H and O–H groups in total. The van der Waals surface area contributed by atoms with Crippen molar-refractivity contribution in [3.63, 3.8) is 0 Å². The Bertz CT molecular complexity index is 663. The van der Waals surface area contributed by atoms with Crippen LogP contribution in [0.25, 0.3) is 11.0 Å². The summed E-state index contributed by atoms with van der Waals surface area (Å²) < 4.78 is 0. The van der Waals surface area contributed by atoms with Crippen LogP contribution < -0.4 is 4.90 Å². The molecule has 0 saturated heterocycles. The molecule has 18 heavy (non-hydrogen) atoms. The molecule has 1 aromatic carbocycles. The maximum absolute atomic E-state index is 12.2. The lowest BCUT2D eigenvalue weighted by Crippen LogP contribution is -2.33. The van der Waals surface area contributed by atoms with E-state index in [1.54, 1.807) is 18.3 Å². The number of H-pyrrole nitrogens is 1. The van der Waals surface area contributed by atoms with Crippen LogP contribution in [0.1, 0.15) is 12.8 Å². The standard InChI is InChI=1S/C13H12N4O/c1-17(12(18)13(7-14)4-5-13)9-2-3-10-11(6-9)16-8-15-10/h2-3,6,8H,4-5H2,1H3,(H,15,16). The molecule has 1 aromatic heterocycles. The molecule has 3 rings (SSSR count). The highest BCUT2D eigenvalue weighted by Crippen LogP contribution is 2.46. The predicted molar refractivity (Wildman–Crippen MR) is 66.8 cm³/mol. The number of aromatic amines is 1. The molecule has 5 heteroatoms. The Kier molecular flexibility index (Phi) is 2.14. The molecule has 2 aromatic rings. The normalized spacial score (nSPS) is 16.2. The first-order valence-electron chi connectivity index (χ1n) is 5.79. The number of fused-ring (bicyclic) bond motifs is 1. The van der Waals surface area contributed by atoms with Crippen LogP contribution in [-0.4, -0.2) is 22.9 Å². The Morgan fingerprint density at radius 1 is 1.56 bits per heavy atom. The SMILES string of the molecule is CN(C(=O)C1(C#N)CC1)c1ccc2nc[nH]c2c1. The molecule has 1 aliphatic rings. The van der Waals surface area contributed by atoms with Gasteiger partial charge in [-0.25, -0.2) is 4.98 Å². The summed E-state index contributed by atoms with van der Waals surface area (Å²) in [6.07, 6.45) is 2.95. The Morgan fingerprint density at radius 3 is 3.00 bits per heavy atom. The van der Waals surface area contributed by atoms with Crippen molar-refractivity contribution in [2.75, 3.05) is 11.9 Å². The first-order chi connectivity index (χ1) is 8.66. The van der Waals surface area contributed by atoms with Crippen molar-refractivity contribution in [2.24, 2.45) is 5.41 Å². The van der Waals surface area contributed by atoms with E-state index in [1.165, 1.54) is 0 Å². The predicted octanol–water partition coefficient (Wildman–Crippen LogP) is 1.83. The highest BCUT2D eigenvalue weighted by atomic mass is 16.2. The first-order valence-corrected chi connectivity index (χ1v) is 5.79.